The third kappa shape index (κ3) is 3.32. The third-order valence-corrected chi connectivity index (χ3v) is 5.08. The second-order valence-electron chi connectivity index (χ2n) is 5.75. The molecule has 1 fully saturated rings. The van der Waals surface area contributed by atoms with Crippen LogP contribution in [0.25, 0.3) is 11.2 Å². The summed E-state index contributed by atoms with van der Waals surface area (Å²) in [6.07, 6.45) is 1.52. The Labute approximate surface area is 138 Å². The lowest BCUT2D eigenvalue weighted by Gasteiger charge is -2.22. The molecule has 2 aromatic heterocycles. The standard InChI is InChI=1S/C14H23N5O3S/c1-2-5-23-14-16-12(15)11-13(17-14)19(18-11)8-6-9(21)10(7-8)22-4-3-20/h8-10,18,20-21H,2-7H2,1H3,(H2,15,16,17)/t8-,9-,10-/m0/s1. The summed E-state index contributed by atoms with van der Waals surface area (Å²) in [6, 6.07) is 0.0829. The number of nitrogen functional groups attached to an aromatic ring is 1. The van der Waals surface area contributed by atoms with Crippen molar-refractivity contribution in [3.63, 3.8) is 0 Å². The van der Waals surface area contributed by atoms with E-state index < -0.39 is 6.10 Å². The first-order chi connectivity index (χ1) is 11.1. The van der Waals surface area contributed by atoms with Gasteiger partial charge in [-0.1, -0.05) is 18.7 Å². The minimum atomic E-state index is -0.537. The van der Waals surface area contributed by atoms with Gasteiger partial charge in [-0.15, -0.1) is 0 Å². The number of nitrogens with one attached hydrogen (secondary N) is 1. The summed E-state index contributed by atoms with van der Waals surface area (Å²) >= 11 is 1.59. The average Bonchev–Trinajstić information content (AvgIpc) is 2.86. The van der Waals surface area contributed by atoms with Crippen LogP contribution in [0.1, 0.15) is 32.2 Å². The number of aliphatic hydroxyl groups excluding tert-OH is 2. The molecule has 8 nitrogen and oxygen atoms in total. The maximum absolute atomic E-state index is 10.1. The Hall–Kier alpha value is -1.29. The van der Waals surface area contributed by atoms with Crippen LogP contribution in [0.5, 0.6) is 0 Å². The number of aliphatic hydroxyl groups is 2. The molecule has 0 amide bonds. The van der Waals surface area contributed by atoms with Gasteiger partial charge >= 0.3 is 0 Å². The topological polar surface area (TPSA) is 122 Å². The molecule has 0 unspecified atom stereocenters. The SMILES string of the molecule is CCCSc1nc(N)c2[nH]n([C@@H]3C[C@H](OCCO)[C@@H](O)C3)c2n1. The van der Waals surface area contributed by atoms with Gasteiger partial charge in [0.15, 0.2) is 16.6 Å². The molecule has 0 aliphatic heterocycles. The van der Waals surface area contributed by atoms with Gasteiger partial charge in [0.1, 0.15) is 5.52 Å². The van der Waals surface area contributed by atoms with Crippen LogP contribution < -0.4 is 5.73 Å². The summed E-state index contributed by atoms with van der Waals surface area (Å²) < 4.78 is 7.43. The number of aromatic amines is 1. The van der Waals surface area contributed by atoms with E-state index in [1.165, 1.54) is 0 Å². The molecule has 23 heavy (non-hydrogen) atoms. The Morgan fingerprint density at radius 1 is 1.43 bits per heavy atom. The number of fused-ring (bicyclic) bond motifs is 1. The molecule has 0 spiro atoms. The van der Waals surface area contributed by atoms with Crippen molar-refractivity contribution >= 4 is 28.7 Å². The second-order valence-corrected chi connectivity index (χ2v) is 6.81. The Morgan fingerprint density at radius 2 is 2.26 bits per heavy atom. The molecule has 0 radical (unpaired) electrons. The van der Waals surface area contributed by atoms with Crippen LogP contribution in [0.4, 0.5) is 5.82 Å². The molecule has 3 atom stereocenters. The van der Waals surface area contributed by atoms with Crippen LogP contribution in [-0.2, 0) is 4.74 Å². The van der Waals surface area contributed by atoms with Crippen LogP contribution in [0, 0.1) is 0 Å². The van der Waals surface area contributed by atoms with Gasteiger partial charge in [-0.2, -0.15) is 0 Å². The molecular weight excluding hydrogens is 318 g/mol. The first-order valence-corrected chi connectivity index (χ1v) is 8.89. The number of rotatable bonds is 7. The largest absolute Gasteiger partial charge is 0.394 e. The molecule has 1 aliphatic rings. The monoisotopic (exact) mass is 341 g/mol. The van der Waals surface area contributed by atoms with Crippen LogP contribution >= 0.6 is 11.8 Å². The van der Waals surface area contributed by atoms with E-state index >= 15 is 0 Å². The summed E-state index contributed by atoms with van der Waals surface area (Å²) in [6.45, 7) is 2.31. The quantitative estimate of drug-likeness (QED) is 0.436. The predicted molar refractivity (Wildman–Crippen MR) is 88.4 cm³/mol. The molecule has 0 saturated heterocycles. The number of hydrogen-bond acceptors (Lipinski definition) is 7. The van der Waals surface area contributed by atoms with E-state index in [0.717, 1.165) is 23.3 Å². The summed E-state index contributed by atoms with van der Waals surface area (Å²) in [5.74, 6) is 1.40. The lowest BCUT2D eigenvalue weighted by molar-refractivity contribution is -0.0303. The van der Waals surface area contributed by atoms with Crippen LogP contribution in [0.2, 0.25) is 0 Å². The molecule has 128 valence electrons. The maximum atomic E-state index is 10.1. The van der Waals surface area contributed by atoms with Crippen LogP contribution in [0.3, 0.4) is 0 Å². The molecular formula is C14H23N5O3S. The number of thioether (sulfide) groups is 1. The first-order valence-electron chi connectivity index (χ1n) is 7.90. The fourth-order valence-corrected chi connectivity index (χ4v) is 3.62. The molecule has 2 aromatic rings. The molecule has 5 N–H and O–H groups in total. The van der Waals surface area contributed by atoms with Crippen LogP contribution in [0.15, 0.2) is 5.16 Å². The van der Waals surface area contributed by atoms with E-state index in [0.29, 0.717) is 23.8 Å². The average molecular weight is 341 g/mol. The van der Waals surface area contributed by atoms with Gasteiger partial charge in [0.05, 0.1) is 31.5 Å². The van der Waals surface area contributed by atoms with E-state index in [2.05, 4.69) is 22.0 Å². The predicted octanol–water partition coefficient (Wildman–Crippen LogP) is 0.917. The minimum Gasteiger partial charge on any atom is -0.394 e. The van der Waals surface area contributed by atoms with Crippen molar-refractivity contribution in [1.29, 1.82) is 0 Å². The summed E-state index contributed by atoms with van der Waals surface area (Å²) in [7, 11) is 0. The van der Waals surface area contributed by atoms with Crippen molar-refractivity contribution in [1.82, 2.24) is 19.7 Å². The van der Waals surface area contributed by atoms with E-state index in [4.69, 9.17) is 15.6 Å². The first kappa shape index (κ1) is 16.6. The van der Waals surface area contributed by atoms with Crippen molar-refractivity contribution in [2.75, 3.05) is 24.7 Å². The highest BCUT2D eigenvalue weighted by molar-refractivity contribution is 7.99. The molecule has 1 aliphatic carbocycles. The second kappa shape index (κ2) is 7.08. The normalized spacial score (nSPS) is 24.7. The van der Waals surface area contributed by atoms with Gasteiger partial charge in [-0.05, 0) is 19.3 Å². The zero-order valence-corrected chi connectivity index (χ0v) is 13.9. The number of hydrogen-bond donors (Lipinski definition) is 4. The zero-order valence-electron chi connectivity index (χ0n) is 13.1. The smallest absolute Gasteiger partial charge is 0.191 e. The van der Waals surface area contributed by atoms with Crippen molar-refractivity contribution < 1.29 is 14.9 Å². The highest BCUT2D eigenvalue weighted by atomic mass is 32.2. The number of anilines is 1. The Balaban J connectivity index is 1.77. The Bertz CT molecular complexity index is 658. The van der Waals surface area contributed by atoms with Crippen molar-refractivity contribution in [3.8, 4) is 0 Å². The molecule has 3 rings (SSSR count). The van der Waals surface area contributed by atoms with Gasteiger partial charge in [0, 0.05) is 5.75 Å². The summed E-state index contributed by atoms with van der Waals surface area (Å²) in [5, 5.41) is 22.8. The lowest BCUT2D eigenvalue weighted by atomic mass is 10.2. The molecule has 0 bridgehead atoms. The number of ether oxygens (including phenoxy) is 1. The Kier molecular flexibility index (Phi) is 5.10. The minimum absolute atomic E-state index is 0.0412. The third-order valence-electron chi connectivity index (χ3n) is 4.03. The number of nitrogens with zero attached hydrogens (tertiary/aromatic N) is 3. The molecule has 1 saturated carbocycles. The van der Waals surface area contributed by atoms with Crippen molar-refractivity contribution in [3.05, 3.63) is 0 Å². The zero-order chi connectivity index (χ0) is 16.4. The summed E-state index contributed by atoms with van der Waals surface area (Å²) in [5.41, 5.74) is 7.51. The summed E-state index contributed by atoms with van der Waals surface area (Å²) in [4.78, 5) is 8.86. The highest BCUT2D eigenvalue weighted by Gasteiger charge is 2.36. The van der Waals surface area contributed by atoms with Gasteiger partial charge in [0.2, 0.25) is 0 Å². The van der Waals surface area contributed by atoms with E-state index in [-0.39, 0.29) is 25.4 Å². The number of aromatic nitrogens is 4. The van der Waals surface area contributed by atoms with Gasteiger partial charge in [0.25, 0.3) is 0 Å². The molecule has 2 heterocycles. The maximum Gasteiger partial charge on any atom is 0.191 e. The fraction of sp³-hybridized carbons (Fsp3) is 0.714. The number of H-pyrrole nitrogens is 1. The fourth-order valence-electron chi connectivity index (χ4n) is 2.92. The van der Waals surface area contributed by atoms with E-state index in [1.807, 2.05) is 4.68 Å². The van der Waals surface area contributed by atoms with E-state index in [9.17, 15) is 5.11 Å². The Morgan fingerprint density at radius 3 is 3.00 bits per heavy atom. The van der Waals surface area contributed by atoms with Gasteiger partial charge < -0.3 is 20.7 Å². The highest BCUT2D eigenvalue weighted by Crippen LogP contribution is 2.35. The van der Waals surface area contributed by atoms with Gasteiger partial charge in [-0.25, -0.2) is 9.97 Å². The van der Waals surface area contributed by atoms with Crippen molar-refractivity contribution in [2.45, 2.75) is 49.6 Å². The van der Waals surface area contributed by atoms with Crippen molar-refractivity contribution in [2.24, 2.45) is 0 Å². The molecule has 0 aromatic carbocycles. The number of nitrogens with two attached hydrogens (primary N) is 1. The lowest BCUT2D eigenvalue weighted by Crippen LogP contribution is -2.24. The van der Waals surface area contributed by atoms with E-state index in [1.54, 1.807) is 11.8 Å². The molecule has 9 heteroatoms. The van der Waals surface area contributed by atoms with Crippen LogP contribution in [-0.4, -0.2) is 61.1 Å². The van der Waals surface area contributed by atoms with Gasteiger partial charge in [-0.3, -0.25) is 9.78 Å².